The fourth-order valence-electron chi connectivity index (χ4n) is 4.31. The smallest absolute Gasteiger partial charge is 0.266 e. The van der Waals surface area contributed by atoms with E-state index in [1.54, 1.807) is 0 Å². The fraction of sp³-hybridized carbons (Fsp3) is 0.450. The van der Waals surface area contributed by atoms with Crippen LogP contribution in [0.3, 0.4) is 0 Å². The summed E-state index contributed by atoms with van der Waals surface area (Å²) in [6, 6.07) is 11.8. The van der Waals surface area contributed by atoms with Crippen LogP contribution >= 0.6 is 0 Å². The molecule has 0 spiro atoms. The lowest BCUT2D eigenvalue weighted by atomic mass is 9.94. The number of aromatic nitrogens is 2. The molecule has 142 valence electrons. The Morgan fingerprint density at radius 2 is 1.85 bits per heavy atom. The van der Waals surface area contributed by atoms with E-state index in [-0.39, 0.29) is 23.9 Å². The van der Waals surface area contributed by atoms with E-state index in [2.05, 4.69) is 39.4 Å². The van der Waals surface area contributed by atoms with Gasteiger partial charge in [0, 0.05) is 43.9 Å². The monoisotopic (exact) mass is 368 g/mol. The molecule has 7 nitrogen and oxygen atoms in total. The first-order valence-corrected chi connectivity index (χ1v) is 9.45. The predicted octanol–water partition coefficient (Wildman–Crippen LogP) is 0.729. The fourth-order valence-corrected chi connectivity index (χ4v) is 4.31. The lowest BCUT2D eigenvalue weighted by Crippen LogP contribution is -2.48. The van der Waals surface area contributed by atoms with Crippen LogP contribution in [0, 0.1) is 5.92 Å². The van der Waals surface area contributed by atoms with Crippen molar-refractivity contribution in [1.29, 1.82) is 0 Å². The summed E-state index contributed by atoms with van der Waals surface area (Å²) in [4.78, 5) is 40.6. The highest BCUT2D eigenvalue weighted by atomic mass is 16.2. The molecule has 2 N–H and O–H groups in total. The second-order valence-electron chi connectivity index (χ2n) is 7.61. The van der Waals surface area contributed by atoms with Crippen molar-refractivity contribution in [2.45, 2.75) is 31.8 Å². The van der Waals surface area contributed by atoms with E-state index in [1.807, 2.05) is 11.0 Å². The van der Waals surface area contributed by atoms with Crippen LogP contribution in [0.5, 0.6) is 0 Å². The van der Waals surface area contributed by atoms with Gasteiger partial charge in [-0.1, -0.05) is 30.3 Å². The third-order valence-electron chi connectivity index (χ3n) is 5.60. The SMILES string of the molecule is O=C(Cc1cc(=O)[nH][nH]c1=O)N1C[C@@H]2CC[C@H]1CN(Cc1ccccc1)C2. The van der Waals surface area contributed by atoms with Gasteiger partial charge in [-0.05, 0) is 24.3 Å². The number of hydrogen-bond acceptors (Lipinski definition) is 4. The number of H-pyrrole nitrogens is 2. The van der Waals surface area contributed by atoms with Crippen molar-refractivity contribution in [2.75, 3.05) is 19.6 Å². The zero-order valence-electron chi connectivity index (χ0n) is 15.2. The first-order valence-electron chi connectivity index (χ1n) is 9.45. The van der Waals surface area contributed by atoms with Gasteiger partial charge in [-0.2, -0.15) is 0 Å². The molecule has 7 heteroatoms. The molecular formula is C20H24N4O3. The molecule has 3 fully saturated rings. The summed E-state index contributed by atoms with van der Waals surface area (Å²) in [7, 11) is 0. The molecule has 5 rings (SSSR count). The van der Waals surface area contributed by atoms with E-state index in [0.717, 1.165) is 39.0 Å². The van der Waals surface area contributed by atoms with Crippen LogP contribution in [0.2, 0.25) is 0 Å². The lowest BCUT2D eigenvalue weighted by molar-refractivity contribution is -0.134. The van der Waals surface area contributed by atoms with Gasteiger partial charge in [0.25, 0.3) is 11.1 Å². The van der Waals surface area contributed by atoms with Gasteiger partial charge in [-0.25, -0.2) is 0 Å². The van der Waals surface area contributed by atoms with Gasteiger partial charge >= 0.3 is 0 Å². The van der Waals surface area contributed by atoms with E-state index in [1.165, 1.54) is 11.6 Å². The van der Waals surface area contributed by atoms with Crippen LogP contribution in [-0.2, 0) is 17.8 Å². The molecule has 2 bridgehead atoms. The molecule has 0 radical (unpaired) electrons. The van der Waals surface area contributed by atoms with E-state index in [0.29, 0.717) is 5.92 Å². The summed E-state index contributed by atoms with van der Waals surface area (Å²) in [6.07, 6.45) is 2.10. The molecule has 3 aliphatic rings. The third kappa shape index (κ3) is 4.03. The highest BCUT2D eigenvalue weighted by Gasteiger charge is 2.37. The van der Waals surface area contributed by atoms with Crippen LogP contribution in [-0.4, -0.2) is 51.6 Å². The van der Waals surface area contributed by atoms with Crippen LogP contribution in [0.4, 0.5) is 0 Å². The minimum absolute atomic E-state index is 0.0266. The van der Waals surface area contributed by atoms with Gasteiger partial charge in [0.2, 0.25) is 5.91 Å². The average molecular weight is 368 g/mol. The number of piperidine rings is 1. The maximum Gasteiger partial charge on any atom is 0.266 e. The second kappa shape index (κ2) is 7.52. The minimum atomic E-state index is -0.409. The Kier molecular flexibility index (Phi) is 4.94. The predicted molar refractivity (Wildman–Crippen MR) is 101 cm³/mol. The van der Waals surface area contributed by atoms with Crippen LogP contribution in [0.1, 0.15) is 24.0 Å². The molecule has 0 aliphatic carbocycles. The van der Waals surface area contributed by atoms with E-state index >= 15 is 0 Å². The standard InChI is InChI=1S/C20H24N4O3/c25-18-8-16(20(27)22-21-18)9-19(26)24-12-15-6-7-17(24)13-23(11-15)10-14-4-2-1-3-5-14/h1-5,8,15,17H,6-7,9-13H2,(H,21,25)(H,22,27)/t15-,17+/m1/s1. The summed E-state index contributed by atoms with van der Waals surface area (Å²) >= 11 is 0. The molecule has 0 saturated carbocycles. The zero-order valence-corrected chi connectivity index (χ0v) is 15.2. The first-order chi connectivity index (χ1) is 13.1. The number of fused-ring (bicyclic) bond motifs is 4. The number of carbonyl (C=O) groups is 1. The van der Waals surface area contributed by atoms with Crippen molar-refractivity contribution in [1.82, 2.24) is 20.0 Å². The van der Waals surface area contributed by atoms with E-state index in [4.69, 9.17) is 0 Å². The van der Waals surface area contributed by atoms with Gasteiger partial charge < -0.3 is 4.90 Å². The number of nitrogens with one attached hydrogen (secondary N) is 2. The Morgan fingerprint density at radius 3 is 2.67 bits per heavy atom. The van der Waals surface area contributed by atoms with Crippen molar-refractivity contribution in [3.8, 4) is 0 Å². The highest BCUT2D eigenvalue weighted by molar-refractivity contribution is 5.79. The van der Waals surface area contributed by atoms with Crippen molar-refractivity contribution < 1.29 is 4.79 Å². The Labute approximate surface area is 157 Å². The quantitative estimate of drug-likeness (QED) is 0.833. The molecule has 27 heavy (non-hydrogen) atoms. The summed E-state index contributed by atoms with van der Waals surface area (Å²) in [5.74, 6) is 0.385. The van der Waals surface area contributed by atoms with E-state index < -0.39 is 11.1 Å². The van der Waals surface area contributed by atoms with Gasteiger partial charge in [-0.15, -0.1) is 0 Å². The molecule has 2 aromatic rings. The summed E-state index contributed by atoms with van der Waals surface area (Å²) < 4.78 is 0. The first kappa shape index (κ1) is 17.7. The van der Waals surface area contributed by atoms with Crippen molar-refractivity contribution >= 4 is 5.91 Å². The largest absolute Gasteiger partial charge is 0.338 e. The maximum atomic E-state index is 12.9. The van der Waals surface area contributed by atoms with Crippen molar-refractivity contribution in [3.05, 3.63) is 68.2 Å². The molecule has 2 atom stereocenters. The van der Waals surface area contributed by atoms with Crippen LogP contribution in [0.15, 0.2) is 46.0 Å². The molecule has 3 aliphatic heterocycles. The number of aromatic amines is 2. The molecule has 3 saturated heterocycles. The van der Waals surface area contributed by atoms with Crippen molar-refractivity contribution in [3.63, 3.8) is 0 Å². The Hall–Kier alpha value is -2.67. The molecule has 4 heterocycles. The van der Waals surface area contributed by atoms with Gasteiger partial charge in [0.15, 0.2) is 0 Å². The van der Waals surface area contributed by atoms with Gasteiger partial charge in [0.1, 0.15) is 0 Å². The number of benzene rings is 1. The lowest BCUT2D eigenvalue weighted by Gasteiger charge is -2.36. The van der Waals surface area contributed by atoms with E-state index in [9.17, 15) is 14.4 Å². The molecule has 0 unspecified atom stereocenters. The highest BCUT2D eigenvalue weighted by Crippen LogP contribution is 2.29. The molecular weight excluding hydrogens is 344 g/mol. The molecule has 1 amide bonds. The Morgan fingerprint density at radius 1 is 1.04 bits per heavy atom. The number of hydrogen-bond donors (Lipinski definition) is 2. The molecule has 1 aromatic carbocycles. The molecule has 1 aromatic heterocycles. The summed E-state index contributed by atoms with van der Waals surface area (Å²) in [6.45, 7) is 3.46. The number of nitrogens with zero attached hydrogens (tertiary/aromatic N) is 2. The average Bonchev–Trinajstić information content (AvgIpc) is 2.96. The zero-order chi connectivity index (χ0) is 18.8. The maximum absolute atomic E-state index is 12.9. The second-order valence-corrected chi connectivity index (χ2v) is 7.61. The number of carbonyl (C=O) groups excluding carboxylic acids is 1. The van der Waals surface area contributed by atoms with Crippen LogP contribution < -0.4 is 11.1 Å². The Balaban J connectivity index is 1.47. The van der Waals surface area contributed by atoms with Gasteiger partial charge in [0.05, 0.1) is 6.42 Å². The van der Waals surface area contributed by atoms with Crippen molar-refractivity contribution in [2.24, 2.45) is 5.92 Å². The third-order valence-corrected chi connectivity index (χ3v) is 5.60. The normalized spacial score (nSPS) is 22.6. The number of rotatable bonds is 4. The number of amides is 1. The summed E-state index contributed by atoms with van der Waals surface area (Å²) in [5, 5.41) is 4.52. The summed E-state index contributed by atoms with van der Waals surface area (Å²) in [5.41, 5.74) is 0.703. The Bertz CT molecular complexity index is 921. The van der Waals surface area contributed by atoms with Gasteiger partial charge in [-0.3, -0.25) is 29.5 Å². The van der Waals surface area contributed by atoms with Crippen LogP contribution in [0.25, 0.3) is 0 Å². The minimum Gasteiger partial charge on any atom is -0.338 e. The topological polar surface area (TPSA) is 89.3 Å².